The molecule has 1 N–H and O–H groups in total. The fourth-order valence-electron chi connectivity index (χ4n) is 1.67. The molecular weight excluding hydrogens is 270 g/mol. The normalized spacial score (nSPS) is 10.1. The molecule has 21 heavy (non-hydrogen) atoms. The van der Waals surface area contributed by atoms with Crippen molar-refractivity contribution in [1.29, 1.82) is 0 Å². The molecule has 0 saturated carbocycles. The van der Waals surface area contributed by atoms with Gasteiger partial charge >= 0.3 is 0 Å². The van der Waals surface area contributed by atoms with Crippen molar-refractivity contribution in [3.05, 3.63) is 58.6 Å². The third-order valence-electron chi connectivity index (χ3n) is 2.81. The SMILES string of the molecule is CCCCNC(=O)c1cc(=O)c(Oc2ccccc2)co1. The highest BCUT2D eigenvalue weighted by molar-refractivity contribution is 5.91. The van der Waals surface area contributed by atoms with E-state index in [0.29, 0.717) is 12.3 Å². The molecule has 0 radical (unpaired) electrons. The molecule has 5 heteroatoms. The Kier molecular flexibility index (Phi) is 5.15. The van der Waals surface area contributed by atoms with Crippen LogP contribution in [-0.4, -0.2) is 12.5 Å². The minimum Gasteiger partial charge on any atom is -0.455 e. The molecule has 1 amide bonds. The third kappa shape index (κ3) is 4.21. The van der Waals surface area contributed by atoms with Gasteiger partial charge in [0.1, 0.15) is 12.0 Å². The molecule has 110 valence electrons. The van der Waals surface area contributed by atoms with Crippen LogP contribution < -0.4 is 15.5 Å². The molecule has 0 bridgehead atoms. The molecule has 0 aliphatic rings. The summed E-state index contributed by atoms with van der Waals surface area (Å²) < 4.78 is 10.6. The molecule has 1 aromatic carbocycles. The van der Waals surface area contributed by atoms with Crippen molar-refractivity contribution >= 4 is 5.91 Å². The minimum atomic E-state index is -0.397. The third-order valence-corrected chi connectivity index (χ3v) is 2.81. The van der Waals surface area contributed by atoms with Gasteiger partial charge in [0, 0.05) is 12.6 Å². The molecule has 0 saturated heterocycles. The Labute approximate surface area is 122 Å². The summed E-state index contributed by atoms with van der Waals surface area (Å²) in [4.78, 5) is 23.7. The molecule has 0 fully saturated rings. The zero-order valence-corrected chi connectivity index (χ0v) is 11.8. The smallest absolute Gasteiger partial charge is 0.287 e. The lowest BCUT2D eigenvalue weighted by molar-refractivity contribution is 0.0922. The van der Waals surface area contributed by atoms with E-state index < -0.39 is 11.3 Å². The summed E-state index contributed by atoms with van der Waals surface area (Å²) in [5.41, 5.74) is -0.397. The molecule has 0 aliphatic carbocycles. The second kappa shape index (κ2) is 7.28. The topological polar surface area (TPSA) is 68.5 Å². The Hall–Kier alpha value is -2.56. The first kappa shape index (κ1) is 14.8. The minimum absolute atomic E-state index is 0.0171. The maximum Gasteiger partial charge on any atom is 0.287 e. The lowest BCUT2D eigenvalue weighted by Gasteiger charge is -2.06. The van der Waals surface area contributed by atoms with Gasteiger partial charge in [-0.1, -0.05) is 31.5 Å². The van der Waals surface area contributed by atoms with Gasteiger partial charge in [-0.2, -0.15) is 0 Å². The fraction of sp³-hybridized carbons (Fsp3) is 0.250. The van der Waals surface area contributed by atoms with Gasteiger partial charge < -0.3 is 14.5 Å². The van der Waals surface area contributed by atoms with Gasteiger partial charge in [-0.05, 0) is 18.6 Å². The van der Waals surface area contributed by atoms with Crippen molar-refractivity contribution in [2.75, 3.05) is 6.54 Å². The number of carbonyl (C=O) groups excluding carboxylic acids is 1. The molecule has 0 atom stereocenters. The van der Waals surface area contributed by atoms with E-state index in [1.54, 1.807) is 24.3 Å². The van der Waals surface area contributed by atoms with Crippen LogP contribution in [0.15, 0.2) is 51.9 Å². The number of hydrogen-bond donors (Lipinski definition) is 1. The molecule has 0 aliphatic heterocycles. The van der Waals surface area contributed by atoms with Crippen molar-refractivity contribution in [2.45, 2.75) is 19.8 Å². The molecule has 1 aromatic heterocycles. The first-order chi connectivity index (χ1) is 10.2. The maximum absolute atomic E-state index is 11.9. The summed E-state index contributed by atoms with van der Waals surface area (Å²) in [5, 5.41) is 2.68. The number of carbonyl (C=O) groups is 1. The number of amides is 1. The summed E-state index contributed by atoms with van der Waals surface area (Å²) in [6.45, 7) is 2.59. The molecule has 2 aromatic rings. The van der Waals surface area contributed by atoms with Crippen molar-refractivity contribution in [2.24, 2.45) is 0 Å². The van der Waals surface area contributed by atoms with Crippen LogP contribution in [0.1, 0.15) is 30.3 Å². The Bertz CT molecular complexity index is 649. The van der Waals surface area contributed by atoms with Crippen LogP contribution in [0.4, 0.5) is 0 Å². The highest BCUT2D eigenvalue weighted by Gasteiger charge is 2.11. The predicted octanol–water partition coefficient (Wildman–Crippen LogP) is 2.96. The number of benzene rings is 1. The van der Waals surface area contributed by atoms with E-state index in [0.717, 1.165) is 25.2 Å². The van der Waals surface area contributed by atoms with Gasteiger partial charge in [0.25, 0.3) is 5.91 Å². The van der Waals surface area contributed by atoms with Crippen LogP contribution in [0, 0.1) is 0 Å². The summed E-state index contributed by atoms with van der Waals surface area (Å²) in [6, 6.07) is 10.0. The van der Waals surface area contributed by atoms with Gasteiger partial charge in [0.05, 0.1) is 0 Å². The van der Waals surface area contributed by atoms with Gasteiger partial charge in [-0.3, -0.25) is 9.59 Å². The van der Waals surface area contributed by atoms with E-state index in [4.69, 9.17) is 9.15 Å². The summed E-state index contributed by atoms with van der Waals surface area (Å²) in [5.74, 6) is 0.166. The van der Waals surface area contributed by atoms with Gasteiger partial charge in [-0.15, -0.1) is 0 Å². The summed E-state index contributed by atoms with van der Waals surface area (Å²) >= 11 is 0. The predicted molar refractivity (Wildman–Crippen MR) is 78.7 cm³/mol. The lowest BCUT2D eigenvalue weighted by Crippen LogP contribution is -2.25. The van der Waals surface area contributed by atoms with Crippen molar-refractivity contribution in [3.63, 3.8) is 0 Å². The number of unbranched alkanes of at least 4 members (excludes halogenated alkanes) is 1. The van der Waals surface area contributed by atoms with E-state index in [1.807, 2.05) is 13.0 Å². The van der Waals surface area contributed by atoms with Crippen molar-refractivity contribution in [3.8, 4) is 11.5 Å². The highest BCUT2D eigenvalue weighted by atomic mass is 16.5. The Morgan fingerprint density at radius 1 is 1.29 bits per heavy atom. The number of nitrogens with one attached hydrogen (secondary N) is 1. The number of rotatable bonds is 6. The van der Waals surface area contributed by atoms with Crippen LogP contribution >= 0.6 is 0 Å². The van der Waals surface area contributed by atoms with E-state index in [-0.39, 0.29) is 11.5 Å². The molecule has 0 spiro atoms. The Morgan fingerprint density at radius 3 is 2.71 bits per heavy atom. The summed E-state index contributed by atoms with van der Waals surface area (Å²) in [7, 11) is 0. The zero-order chi connectivity index (χ0) is 15.1. The van der Waals surface area contributed by atoms with Crippen LogP contribution in [0.5, 0.6) is 11.5 Å². The van der Waals surface area contributed by atoms with E-state index in [2.05, 4.69) is 5.32 Å². The van der Waals surface area contributed by atoms with E-state index in [1.165, 1.54) is 0 Å². The van der Waals surface area contributed by atoms with Crippen LogP contribution in [0.2, 0.25) is 0 Å². The Balaban J connectivity index is 2.07. The molecule has 0 unspecified atom stereocenters. The van der Waals surface area contributed by atoms with E-state index in [9.17, 15) is 9.59 Å². The average Bonchev–Trinajstić information content (AvgIpc) is 2.50. The van der Waals surface area contributed by atoms with Crippen molar-refractivity contribution in [1.82, 2.24) is 5.32 Å². The van der Waals surface area contributed by atoms with Crippen molar-refractivity contribution < 1.29 is 13.9 Å². The lowest BCUT2D eigenvalue weighted by atomic mass is 10.3. The highest BCUT2D eigenvalue weighted by Crippen LogP contribution is 2.17. The summed E-state index contributed by atoms with van der Waals surface area (Å²) in [6.07, 6.45) is 3.02. The van der Waals surface area contributed by atoms with Crippen LogP contribution in [0.3, 0.4) is 0 Å². The second-order valence-electron chi connectivity index (χ2n) is 4.50. The monoisotopic (exact) mass is 287 g/mol. The van der Waals surface area contributed by atoms with Gasteiger partial charge in [0.2, 0.25) is 11.2 Å². The first-order valence-electron chi connectivity index (χ1n) is 6.84. The van der Waals surface area contributed by atoms with Gasteiger partial charge in [-0.25, -0.2) is 0 Å². The average molecular weight is 287 g/mol. The molecule has 1 heterocycles. The van der Waals surface area contributed by atoms with E-state index >= 15 is 0 Å². The molecular formula is C16H17NO4. The number of ether oxygens (including phenoxy) is 1. The second-order valence-corrected chi connectivity index (χ2v) is 4.50. The maximum atomic E-state index is 11.9. The molecule has 2 rings (SSSR count). The Morgan fingerprint density at radius 2 is 2.05 bits per heavy atom. The first-order valence-corrected chi connectivity index (χ1v) is 6.84. The number of hydrogen-bond acceptors (Lipinski definition) is 4. The zero-order valence-electron chi connectivity index (χ0n) is 11.8. The van der Waals surface area contributed by atoms with Crippen LogP contribution in [0.25, 0.3) is 0 Å². The van der Waals surface area contributed by atoms with Gasteiger partial charge in [0.15, 0.2) is 5.76 Å². The van der Waals surface area contributed by atoms with Crippen LogP contribution in [-0.2, 0) is 0 Å². The standard InChI is InChI=1S/C16H17NO4/c1-2-3-9-17-16(19)14-10-13(18)15(11-20-14)21-12-7-5-4-6-8-12/h4-8,10-11H,2-3,9H2,1H3,(H,17,19). The quantitative estimate of drug-likeness (QED) is 0.829. The largest absolute Gasteiger partial charge is 0.455 e. The number of para-hydroxylation sites is 1. The fourth-order valence-corrected chi connectivity index (χ4v) is 1.67. The molecule has 5 nitrogen and oxygen atoms in total.